The third-order valence-electron chi connectivity index (χ3n) is 17.5. The smallest absolute Gasteiger partial charge is 0.252 e. The average Bonchev–Trinajstić information content (AvgIpc) is 1.70. The molecule has 0 N–H and O–H groups in total. The van der Waals surface area contributed by atoms with Crippen LogP contribution in [0.25, 0.3) is 99.5 Å². The molecule has 0 atom stereocenters. The number of hydrogen-bond donors (Lipinski definition) is 0. The summed E-state index contributed by atoms with van der Waals surface area (Å²) < 4.78 is 208. The molecule has 5 heteroatoms. The maximum atomic E-state index is 9.75. The summed E-state index contributed by atoms with van der Waals surface area (Å²) >= 11 is 0. The van der Waals surface area contributed by atoms with Crippen molar-refractivity contribution in [3.63, 3.8) is 0 Å². The largest absolute Gasteiger partial charge is 0.310 e. The van der Waals surface area contributed by atoms with Crippen molar-refractivity contribution in [1.82, 2.24) is 9.13 Å². The van der Waals surface area contributed by atoms with Crippen LogP contribution in [-0.4, -0.2) is 15.8 Å². The van der Waals surface area contributed by atoms with Crippen molar-refractivity contribution in [2.24, 2.45) is 0 Å². The molecule has 0 unspecified atom stereocenters. The number of aryl methyl sites for hydroxylation is 2. The molecule has 15 aromatic rings. The number of nitrogens with zero attached hydrogens (tertiary/aromatic N) is 4. The highest BCUT2D eigenvalue weighted by molar-refractivity contribution is 7.00. The Balaban J connectivity index is 1.11. The lowest BCUT2D eigenvalue weighted by atomic mass is 9.33. The van der Waals surface area contributed by atoms with Gasteiger partial charge in [0.25, 0.3) is 6.71 Å². The fourth-order valence-corrected chi connectivity index (χ4v) is 13.6. The maximum absolute atomic E-state index is 9.75. The van der Waals surface area contributed by atoms with Crippen molar-refractivity contribution in [2.75, 3.05) is 9.80 Å². The second-order valence-corrected chi connectivity index (χ2v) is 23.6. The Hall–Kier alpha value is -10.9. The van der Waals surface area contributed by atoms with Crippen molar-refractivity contribution in [3.8, 4) is 55.9 Å². The van der Waals surface area contributed by atoms with Gasteiger partial charge in [-0.25, -0.2) is 0 Å². The zero-order valence-electron chi connectivity index (χ0n) is 70.3. The van der Waals surface area contributed by atoms with Gasteiger partial charge in [0, 0.05) is 86.1 Å². The van der Waals surface area contributed by atoms with Gasteiger partial charge in [-0.1, -0.05) is 227 Å². The Bertz CT molecular complexity index is 5890. The van der Waals surface area contributed by atoms with Gasteiger partial charge in [0.2, 0.25) is 0 Å². The number of aromatic nitrogens is 2. The molecule has 89 heavy (non-hydrogen) atoms. The van der Waals surface area contributed by atoms with Gasteiger partial charge in [-0.05, 0) is 159 Å². The average molecular weight is 1160 g/mol. The lowest BCUT2D eigenvalue weighted by Gasteiger charge is -2.46. The van der Waals surface area contributed by atoms with Crippen LogP contribution < -0.4 is 26.2 Å². The topological polar surface area (TPSA) is 16.3 Å². The van der Waals surface area contributed by atoms with Crippen LogP contribution in [0.3, 0.4) is 0 Å². The van der Waals surface area contributed by atoms with Crippen LogP contribution in [-0.2, 0) is 5.41 Å². The van der Waals surface area contributed by atoms with E-state index in [0.717, 1.165) is 5.56 Å². The molecule has 0 radical (unpaired) electrons. The Kier molecular flexibility index (Phi) is 7.89. The molecule has 0 saturated carbocycles. The summed E-state index contributed by atoms with van der Waals surface area (Å²) in [6.45, 7) is -0.121. The fourth-order valence-electron chi connectivity index (χ4n) is 13.6. The van der Waals surface area contributed by atoms with Crippen LogP contribution >= 0.6 is 0 Å². The van der Waals surface area contributed by atoms with Gasteiger partial charge in [0.05, 0.1) is 55.4 Å². The van der Waals surface area contributed by atoms with Crippen molar-refractivity contribution < 1.29 is 30.2 Å². The predicted molar refractivity (Wildman–Crippen MR) is 379 cm³/mol. The van der Waals surface area contributed by atoms with E-state index in [2.05, 4.69) is 42.7 Å². The van der Waals surface area contributed by atoms with E-state index in [0.29, 0.717) is 95.0 Å². The number of rotatable bonds is 8. The second kappa shape index (κ2) is 20.4. The lowest BCUT2D eigenvalue weighted by Crippen LogP contribution is -2.61. The minimum atomic E-state index is -2.68. The molecule has 2 aromatic heterocycles. The Morgan fingerprint density at radius 1 is 0.348 bits per heavy atom. The molecule has 2 aliphatic rings. The van der Waals surface area contributed by atoms with Gasteiger partial charge < -0.3 is 18.9 Å². The molecule has 0 spiro atoms. The lowest BCUT2D eigenvalue weighted by molar-refractivity contribution is 0.590. The van der Waals surface area contributed by atoms with Crippen molar-refractivity contribution in [2.45, 2.75) is 39.9 Å². The quantitative estimate of drug-likeness (QED) is 0.141. The van der Waals surface area contributed by atoms with Crippen LogP contribution in [0.1, 0.15) is 67.6 Å². The van der Waals surface area contributed by atoms with Crippen LogP contribution in [0.15, 0.2) is 291 Å². The second-order valence-electron chi connectivity index (χ2n) is 23.6. The molecule has 4 nitrogen and oxygen atoms in total. The first kappa shape index (κ1) is 34.5. The molecule has 17 rings (SSSR count). The highest BCUT2D eigenvalue weighted by atomic mass is 15.2. The standard InChI is InChI=1S/C84H63BN4/c1-54-46-67(56-26-10-6-11-27-56)82(68(47-54)57-28-12-7-13-29-57)88-77-52-61(86-73-38-22-18-34-63(73)64-35-19-23-39-74(64)86)42-44-71(77)85-72-45-43-62(87-75-40-24-20-36-65(75)66-37-21-25-41-76(66)87)53-78(72)89(80-51-60(84(3,4)5)50-79(88)81(80)85)83-69(58-30-14-8-15-31-58)48-55(2)49-70(83)59-32-16-9-17-33-59/h6-53H,1-5H3/i1D3,2D3,18D,19D,20D,21D,22D,23D,24D,25D,34D,35D,36D,37D,38D,39D,40D,41D. The van der Waals surface area contributed by atoms with Gasteiger partial charge in [0.1, 0.15) is 0 Å². The van der Waals surface area contributed by atoms with E-state index in [1.807, 2.05) is 146 Å². The molecule has 0 fully saturated rings. The summed E-state index contributed by atoms with van der Waals surface area (Å²) in [5.41, 5.74) is 8.71. The summed E-state index contributed by atoms with van der Waals surface area (Å²) in [5, 5.41) is -0.598. The molecular weight excluding hydrogens is 1080 g/mol. The minimum absolute atomic E-state index is 0.0134. The first-order valence-electron chi connectivity index (χ1n) is 40.4. The van der Waals surface area contributed by atoms with Crippen LogP contribution in [0.2, 0.25) is 0 Å². The third kappa shape index (κ3) is 8.29. The van der Waals surface area contributed by atoms with E-state index in [9.17, 15) is 24.7 Å². The number of benzene rings is 13. The SMILES string of the molecule is [2H]c1c([2H])c([2H])c2c(c1[2H])c1c([2H])c([2H])c([2H])c([2H])c1n2-c1ccc2c(c1)N(c1c(-c3ccccc3)cc(C([2H])([2H])[2H])cc1-c1ccccc1)c1cc(C(C)(C)C)cc3c1B2c1ccc(-n2c4c([2H])c([2H])c([2H])c([2H])c4c4c([2H])c([2H])c([2H])c([2H])c42)cc1N3c1c(-c2ccccc2)cc(C([2H])([2H])[2H])cc1-c1ccccc1. The van der Waals surface area contributed by atoms with E-state index in [-0.39, 0.29) is 66.1 Å². The van der Waals surface area contributed by atoms with E-state index >= 15 is 0 Å². The van der Waals surface area contributed by atoms with Crippen LogP contribution in [0.4, 0.5) is 34.1 Å². The maximum Gasteiger partial charge on any atom is 0.252 e. The van der Waals surface area contributed by atoms with Gasteiger partial charge in [-0.3, -0.25) is 0 Å². The molecular formula is C84H63BN4. The molecule has 0 amide bonds. The van der Waals surface area contributed by atoms with Gasteiger partial charge in [-0.15, -0.1) is 0 Å². The van der Waals surface area contributed by atoms with Crippen molar-refractivity contribution >= 4 is 101 Å². The predicted octanol–water partition coefficient (Wildman–Crippen LogP) is 20.5. The van der Waals surface area contributed by atoms with Crippen molar-refractivity contribution in [3.05, 3.63) is 307 Å². The summed E-state index contributed by atoms with van der Waals surface area (Å²) in [6, 6.07) is 49.9. The number of hydrogen-bond acceptors (Lipinski definition) is 2. The molecule has 422 valence electrons. The molecule has 4 heterocycles. The Morgan fingerprint density at radius 2 is 0.663 bits per heavy atom. The van der Waals surface area contributed by atoms with Crippen molar-refractivity contribution in [1.29, 1.82) is 0 Å². The summed E-state index contributed by atoms with van der Waals surface area (Å²) in [4.78, 5) is 4.17. The van der Waals surface area contributed by atoms with E-state index in [1.54, 1.807) is 36.4 Å². The summed E-state index contributed by atoms with van der Waals surface area (Å²) in [6.07, 6.45) is 0. The van der Waals surface area contributed by atoms with Gasteiger partial charge in [-0.2, -0.15) is 0 Å². The zero-order valence-corrected chi connectivity index (χ0v) is 48.3. The van der Waals surface area contributed by atoms with Crippen LogP contribution in [0.5, 0.6) is 0 Å². The Labute approximate surface area is 551 Å². The van der Waals surface area contributed by atoms with E-state index in [4.69, 9.17) is 5.48 Å². The molecule has 0 bridgehead atoms. The normalized spacial score (nSPS) is 16.5. The number of fused-ring (bicyclic) bond motifs is 10. The first-order valence-corrected chi connectivity index (χ1v) is 29.4. The monoisotopic (exact) mass is 1160 g/mol. The Morgan fingerprint density at radius 3 is 0.966 bits per heavy atom. The summed E-state index contributed by atoms with van der Waals surface area (Å²) in [7, 11) is 0. The zero-order chi connectivity index (χ0) is 78.6. The highest BCUT2D eigenvalue weighted by Crippen LogP contribution is 2.55. The first-order chi connectivity index (χ1) is 52.7. The molecule has 13 aromatic carbocycles. The molecule has 0 aliphatic carbocycles. The van der Waals surface area contributed by atoms with E-state index in [1.165, 1.54) is 9.13 Å². The fraction of sp³-hybridized carbons (Fsp3) is 0.0714. The van der Waals surface area contributed by atoms with Crippen LogP contribution in [0, 0.1) is 13.7 Å². The third-order valence-corrected chi connectivity index (χ3v) is 17.5. The molecule has 0 saturated heterocycles. The number of anilines is 6. The summed E-state index contributed by atoms with van der Waals surface area (Å²) in [5.74, 6) is 0. The number of para-hydroxylation sites is 4. The highest BCUT2D eigenvalue weighted by Gasteiger charge is 2.46. The van der Waals surface area contributed by atoms with Gasteiger partial charge >= 0.3 is 0 Å². The van der Waals surface area contributed by atoms with Gasteiger partial charge in [0.15, 0.2) is 0 Å². The van der Waals surface area contributed by atoms with E-state index < -0.39 is 123 Å². The molecule has 2 aliphatic heterocycles. The minimum Gasteiger partial charge on any atom is -0.310 e.